The normalized spacial score (nSPS) is 25.0. The van der Waals surface area contributed by atoms with E-state index < -0.39 is 17.4 Å². The monoisotopic (exact) mass is 1030 g/mol. The molecule has 390 valence electrons. The number of carbonyl (C=O) groups is 6. The number of ether oxygens (including phenoxy) is 6. The van der Waals surface area contributed by atoms with Gasteiger partial charge in [-0.05, 0) is 164 Å². The standard InChI is InChI=1S/C56H72N2O12S2/c1-6-46(59)65-28-8-10-30-67-51(61)39-20-12-35(13-21-39)37-16-24-41(25-17-37)53(63)69-45-32-44(56(3,4)5)48(50-49(45)71-55(72-50)43(33-57)34-58)70-54(64)42-26-18-38(19-27-42)36-14-22-40(23-15-36)52(62)68-31-11-9-29-66-47(60)7-2/h6-7,32,35-42H,1-2,8-31H2,3-5H3. The number of rotatable bonds is 20. The Morgan fingerprint density at radius 1 is 0.542 bits per heavy atom. The summed E-state index contributed by atoms with van der Waals surface area (Å²) in [6.45, 7) is 13.9. The van der Waals surface area contributed by atoms with Crippen LogP contribution in [0.4, 0.5) is 0 Å². The van der Waals surface area contributed by atoms with Crippen LogP contribution in [-0.2, 0) is 53.1 Å². The van der Waals surface area contributed by atoms with E-state index in [0.717, 1.165) is 89.2 Å². The molecule has 0 N–H and O–H groups in total. The number of hydrogen-bond donors (Lipinski definition) is 0. The lowest BCUT2D eigenvalue weighted by Gasteiger charge is -2.37. The molecule has 5 aliphatic rings. The molecule has 1 aromatic carbocycles. The molecule has 72 heavy (non-hydrogen) atoms. The molecule has 1 aromatic rings. The smallest absolute Gasteiger partial charge is 0.330 e. The molecule has 0 aromatic heterocycles. The van der Waals surface area contributed by atoms with Gasteiger partial charge in [0, 0.05) is 17.7 Å². The highest BCUT2D eigenvalue weighted by Crippen LogP contribution is 2.61. The van der Waals surface area contributed by atoms with Gasteiger partial charge in [0.05, 0.1) is 64.1 Å². The third-order valence-electron chi connectivity index (χ3n) is 15.3. The van der Waals surface area contributed by atoms with E-state index >= 15 is 0 Å². The van der Waals surface area contributed by atoms with Crippen molar-refractivity contribution in [1.29, 1.82) is 10.5 Å². The summed E-state index contributed by atoms with van der Waals surface area (Å²) in [5.41, 5.74) is 0.0801. The van der Waals surface area contributed by atoms with Gasteiger partial charge in [-0.2, -0.15) is 10.5 Å². The summed E-state index contributed by atoms with van der Waals surface area (Å²) in [4.78, 5) is 77.3. The minimum Gasteiger partial charge on any atom is -0.465 e. The van der Waals surface area contributed by atoms with Crippen molar-refractivity contribution >= 4 is 59.3 Å². The fraction of sp³-hybridized carbons (Fsp3) is 0.643. The van der Waals surface area contributed by atoms with E-state index in [0.29, 0.717) is 119 Å². The minimum absolute atomic E-state index is 0.0667. The summed E-state index contributed by atoms with van der Waals surface area (Å²) in [6, 6.07) is 5.80. The second-order valence-corrected chi connectivity index (χ2v) is 23.3. The first-order valence-electron chi connectivity index (χ1n) is 26.1. The van der Waals surface area contributed by atoms with Gasteiger partial charge in [-0.1, -0.05) is 57.5 Å². The number of thioether (sulfide) groups is 2. The highest BCUT2D eigenvalue weighted by Gasteiger charge is 2.40. The van der Waals surface area contributed by atoms with Crippen LogP contribution in [0.1, 0.15) is 155 Å². The molecular formula is C56H72N2O12S2. The fourth-order valence-electron chi connectivity index (χ4n) is 11.1. The lowest BCUT2D eigenvalue weighted by Crippen LogP contribution is -2.32. The first kappa shape index (κ1) is 56.2. The Balaban J connectivity index is 1.01. The quantitative estimate of drug-likeness (QED) is 0.0297. The third kappa shape index (κ3) is 15.5. The van der Waals surface area contributed by atoms with Gasteiger partial charge in [0.2, 0.25) is 0 Å². The Hall–Kier alpha value is -5.06. The van der Waals surface area contributed by atoms with E-state index in [1.807, 2.05) is 32.9 Å². The van der Waals surface area contributed by atoms with Crippen LogP contribution >= 0.6 is 23.5 Å². The third-order valence-corrected chi connectivity index (χ3v) is 17.9. The number of esters is 6. The van der Waals surface area contributed by atoms with Crippen LogP contribution in [0, 0.1) is 70.0 Å². The van der Waals surface area contributed by atoms with Gasteiger partial charge in [-0.25, -0.2) is 9.59 Å². The maximum Gasteiger partial charge on any atom is 0.330 e. The first-order chi connectivity index (χ1) is 34.6. The first-order valence-corrected chi connectivity index (χ1v) is 27.7. The molecule has 0 amide bonds. The van der Waals surface area contributed by atoms with Crippen molar-refractivity contribution in [2.24, 2.45) is 47.3 Å². The summed E-state index contributed by atoms with van der Waals surface area (Å²) in [5, 5.41) is 19.8. The largest absolute Gasteiger partial charge is 0.465 e. The zero-order valence-electron chi connectivity index (χ0n) is 42.3. The number of carbonyl (C=O) groups excluding carboxylic acids is 6. The summed E-state index contributed by atoms with van der Waals surface area (Å²) in [6.07, 6.45) is 18.0. The molecule has 0 unspecified atom stereocenters. The van der Waals surface area contributed by atoms with Crippen molar-refractivity contribution in [2.75, 3.05) is 26.4 Å². The van der Waals surface area contributed by atoms with Gasteiger partial charge in [0.1, 0.15) is 29.2 Å². The zero-order chi connectivity index (χ0) is 51.8. The van der Waals surface area contributed by atoms with Crippen LogP contribution < -0.4 is 9.47 Å². The van der Waals surface area contributed by atoms with E-state index in [4.69, 9.17) is 28.4 Å². The second kappa shape index (κ2) is 27.3. The highest BCUT2D eigenvalue weighted by atomic mass is 32.2. The molecule has 6 rings (SSSR count). The number of unbranched alkanes of at least 4 members (excludes halogenated alkanes) is 2. The van der Waals surface area contributed by atoms with Crippen molar-refractivity contribution in [3.8, 4) is 23.6 Å². The Kier molecular flexibility index (Phi) is 21.3. The van der Waals surface area contributed by atoms with E-state index in [9.17, 15) is 39.3 Å². The van der Waals surface area contributed by atoms with Gasteiger partial charge < -0.3 is 28.4 Å². The molecule has 0 spiro atoms. The molecule has 0 bridgehead atoms. The SMILES string of the molecule is C=CC(=O)OCCCCOC(=O)C1CCC(C2CCC(C(=O)Oc3cc(C(C)(C)C)c(OC(=O)C4CCC(C5CCC(C(=O)OCCCCOC(=O)C=C)CC5)CC4)c4c3SC(=C(C#N)C#N)S4)CC2)CC1. The van der Waals surface area contributed by atoms with Crippen LogP contribution in [0.3, 0.4) is 0 Å². The highest BCUT2D eigenvalue weighted by molar-refractivity contribution is 8.24. The molecular weight excluding hydrogens is 957 g/mol. The Bertz CT molecular complexity index is 2240. The molecule has 4 fully saturated rings. The van der Waals surface area contributed by atoms with Gasteiger partial charge in [-0.3, -0.25) is 19.2 Å². The van der Waals surface area contributed by atoms with E-state index in [1.54, 1.807) is 6.07 Å². The van der Waals surface area contributed by atoms with Gasteiger partial charge >= 0.3 is 35.8 Å². The number of nitriles is 2. The van der Waals surface area contributed by atoms with E-state index in [1.165, 1.54) is 23.5 Å². The lowest BCUT2D eigenvalue weighted by atomic mass is 9.69. The average molecular weight is 1030 g/mol. The summed E-state index contributed by atoms with van der Waals surface area (Å²) < 4.78 is 34.2. The second-order valence-electron chi connectivity index (χ2n) is 21.0. The number of allylic oxidation sites excluding steroid dienone is 1. The van der Waals surface area contributed by atoms with Crippen molar-refractivity contribution in [3.05, 3.63) is 46.8 Å². The lowest BCUT2D eigenvalue weighted by molar-refractivity contribution is -0.151. The van der Waals surface area contributed by atoms with Crippen LogP contribution in [-0.4, -0.2) is 62.2 Å². The van der Waals surface area contributed by atoms with E-state index in [-0.39, 0.29) is 66.3 Å². The van der Waals surface area contributed by atoms with Crippen LogP contribution in [0.2, 0.25) is 0 Å². The number of fused-ring (bicyclic) bond motifs is 1. The van der Waals surface area contributed by atoms with Crippen molar-refractivity contribution < 1.29 is 57.2 Å². The molecule has 1 aliphatic heterocycles. The van der Waals surface area contributed by atoms with Crippen molar-refractivity contribution in [3.63, 3.8) is 0 Å². The molecule has 16 heteroatoms. The average Bonchev–Trinajstić information content (AvgIpc) is 3.84. The topological polar surface area (TPSA) is 205 Å². The molecule has 0 saturated heterocycles. The molecule has 0 atom stereocenters. The van der Waals surface area contributed by atoms with Gasteiger partial charge in [-0.15, -0.1) is 0 Å². The molecule has 4 aliphatic carbocycles. The molecule has 0 radical (unpaired) electrons. The Morgan fingerprint density at radius 2 is 0.889 bits per heavy atom. The van der Waals surface area contributed by atoms with E-state index in [2.05, 4.69) is 13.2 Å². The number of benzene rings is 1. The van der Waals surface area contributed by atoms with Crippen molar-refractivity contribution in [1.82, 2.24) is 0 Å². The minimum atomic E-state index is -0.543. The predicted molar refractivity (Wildman–Crippen MR) is 271 cm³/mol. The van der Waals surface area contributed by atoms with Crippen LogP contribution in [0.15, 0.2) is 51.0 Å². The number of hydrogen-bond acceptors (Lipinski definition) is 16. The van der Waals surface area contributed by atoms with Gasteiger partial charge in [0.15, 0.2) is 0 Å². The van der Waals surface area contributed by atoms with Crippen molar-refractivity contribution in [2.45, 2.75) is 164 Å². The maximum absolute atomic E-state index is 14.2. The maximum atomic E-state index is 14.2. The van der Waals surface area contributed by atoms with Gasteiger partial charge in [0.25, 0.3) is 0 Å². The Labute approximate surface area is 433 Å². The Morgan fingerprint density at radius 3 is 1.25 bits per heavy atom. The molecule has 4 saturated carbocycles. The predicted octanol–water partition coefficient (Wildman–Crippen LogP) is 11.6. The van der Waals surface area contributed by atoms with Crippen LogP contribution in [0.5, 0.6) is 11.5 Å². The zero-order valence-corrected chi connectivity index (χ0v) is 44.0. The molecule has 14 nitrogen and oxygen atoms in total. The fourth-order valence-corrected chi connectivity index (χ4v) is 13.6. The summed E-state index contributed by atoms with van der Waals surface area (Å²) >= 11 is 2.39. The summed E-state index contributed by atoms with van der Waals surface area (Å²) in [7, 11) is 0. The summed E-state index contributed by atoms with van der Waals surface area (Å²) in [5.74, 6) is -0.102. The molecule has 1 heterocycles. The van der Waals surface area contributed by atoms with Crippen LogP contribution in [0.25, 0.3) is 0 Å². The number of nitrogens with zero attached hydrogens (tertiary/aromatic N) is 2.